The summed E-state index contributed by atoms with van der Waals surface area (Å²) >= 11 is 0. The first-order chi connectivity index (χ1) is 13.2. The van der Waals surface area contributed by atoms with Gasteiger partial charge in [-0.3, -0.25) is 4.79 Å². The van der Waals surface area contributed by atoms with Crippen LogP contribution in [0.5, 0.6) is 5.75 Å². The van der Waals surface area contributed by atoms with E-state index in [1.165, 1.54) is 33.3 Å². The molecular weight excluding hydrogens is 378 g/mol. The molecule has 1 unspecified atom stereocenters. The molecule has 0 saturated carbocycles. The monoisotopic (exact) mass is 405 g/mol. The molecule has 1 amide bonds. The van der Waals surface area contributed by atoms with Crippen LogP contribution in [0.4, 0.5) is 0 Å². The number of ether oxygens (including phenoxy) is 1. The molecule has 0 aromatic heterocycles. The number of carbonyl (C=O) groups is 1. The van der Waals surface area contributed by atoms with Gasteiger partial charge in [-0.15, -0.1) is 0 Å². The van der Waals surface area contributed by atoms with Crippen LogP contribution in [-0.4, -0.2) is 65.4 Å². The lowest BCUT2D eigenvalue weighted by molar-refractivity contribution is 0.0929. The molecule has 0 aliphatic rings. The first-order valence-corrected chi connectivity index (χ1v) is 10.2. The Morgan fingerprint density at radius 3 is 2.25 bits per heavy atom. The van der Waals surface area contributed by atoms with Gasteiger partial charge in [-0.25, -0.2) is 12.7 Å². The standard InChI is InChI=1S/C20H27N3O4S/c1-22(2)14-17(15-9-7-6-8-10-15)21-20(24)16-11-12-18(27-5)19(13-16)28(25,26)23(3)4/h6-13,17H,14H2,1-5H3,(H,21,24). The molecule has 2 aromatic rings. The molecule has 2 aromatic carbocycles. The maximum atomic E-state index is 12.9. The minimum atomic E-state index is -3.76. The van der Waals surface area contributed by atoms with Gasteiger partial charge in [0.2, 0.25) is 10.0 Å². The van der Waals surface area contributed by atoms with Crippen molar-refractivity contribution in [1.29, 1.82) is 0 Å². The summed E-state index contributed by atoms with van der Waals surface area (Å²) in [6.45, 7) is 0.606. The number of sulfonamides is 1. The van der Waals surface area contributed by atoms with Crippen LogP contribution in [0.2, 0.25) is 0 Å². The lowest BCUT2D eigenvalue weighted by atomic mass is 10.1. The van der Waals surface area contributed by atoms with E-state index in [0.29, 0.717) is 6.54 Å². The smallest absolute Gasteiger partial charge is 0.251 e. The summed E-state index contributed by atoms with van der Waals surface area (Å²) in [6, 6.07) is 13.8. The lowest BCUT2D eigenvalue weighted by Crippen LogP contribution is -2.35. The summed E-state index contributed by atoms with van der Waals surface area (Å²) in [5, 5.41) is 3.00. The highest BCUT2D eigenvalue weighted by Gasteiger charge is 2.25. The van der Waals surface area contributed by atoms with Crippen molar-refractivity contribution in [1.82, 2.24) is 14.5 Å². The number of hydrogen-bond donors (Lipinski definition) is 1. The van der Waals surface area contributed by atoms with Crippen LogP contribution < -0.4 is 10.1 Å². The highest BCUT2D eigenvalue weighted by molar-refractivity contribution is 7.89. The zero-order chi connectivity index (χ0) is 20.9. The zero-order valence-corrected chi connectivity index (χ0v) is 17.7. The molecule has 0 radical (unpaired) electrons. The van der Waals surface area contributed by atoms with Gasteiger partial charge < -0.3 is 15.0 Å². The summed E-state index contributed by atoms with van der Waals surface area (Å²) in [7, 11) is 4.36. The molecule has 0 aliphatic carbocycles. The van der Waals surface area contributed by atoms with Crippen LogP contribution in [0, 0.1) is 0 Å². The molecule has 1 atom stereocenters. The molecule has 8 heteroatoms. The van der Waals surface area contributed by atoms with E-state index in [1.807, 2.05) is 49.3 Å². The van der Waals surface area contributed by atoms with Gasteiger partial charge in [-0.05, 0) is 37.9 Å². The molecule has 2 rings (SSSR count). The maximum Gasteiger partial charge on any atom is 0.251 e. The number of amides is 1. The van der Waals surface area contributed by atoms with Crippen LogP contribution in [0.1, 0.15) is 22.0 Å². The van der Waals surface area contributed by atoms with Crippen LogP contribution in [-0.2, 0) is 10.0 Å². The second kappa shape index (κ2) is 9.18. The zero-order valence-electron chi connectivity index (χ0n) is 16.8. The quantitative estimate of drug-likeness (QED) is 0.727. The van der Waals surface area contributed by atoms with Crippen LogP contribution in [0.15, 0.2) is 53.4 Å². The van der Waals surface area contributed by atoms with Crippen molar-refractivity contribution in [2.24, 2.45) is 0 Å². The second-order valence-corrected chi connectivity index (χ2v) is 8.97. The number of nitrogens with zero attached hydrogens (tertiary/aromatic N) is 2. The number of likely N-dealkylation sites (N-methyl/N-ethyl adjacent to an activating group) is 1. The highest BCUT2D eigenvalue weighted by Crippen LogP contribution is 2.27. The van der Waals surface area contributed by atoms with Crippen LogP contribution >= 0.6 is 0 Å². The Bertz CT molecular complexity index is 912. The molecule has 152 valence electrons. The minimum Gasteiger partial charge on any atom is -0.495 e. The van der Waals surface area contributed by atoms with Gasteiger partial charge in [-0.2, -0.15) is 0 Å². The fraction of sp³-hybridized carbons (Fsp3) is 0.350. The SMILES string of the molecule is COc1ccc(C(=O)NC(CN(C)C)c2ccccc2)cc1S(=O)(=O)N(C)C. The van der Waals surface area contributed by atoms with Gasteiger partial charge in [0.15, 0.2) is 0 Å². The molecule has 0 saturated heterocycles. The van der Waals surface area contributed by atoms with Gasteiger partial charge in [-0.1, -0.05) is 30.3 Å². The van der Waals surface area contributed by atoms with E-state index in [2.05, 4.69) is 5.32 Å². The highest BCUT2D eigenvalue weighted by atomic mass is 32.2. The topological polar surface area (TPSA) is 79.0 Å². The van der Waals surface area contributed by atoms with Gasteiger partial charge in [0.05, 0.1) is 13.2 Å². The van der Waals surface area contributed by atoms with E-state index in [-0.39, 0.29) is 28.2 Å². The Morgan fingerprint density at radius 2 is 1.71 bits per heavy atom. The van der Waals surface area contributed by atoms with E-state index in [9.17, 15) is 13.2 Å². The largest absolute Gasteiger partial charge is 0.495 e. The summed E-state index contributed by atoms with van der Waals surface area (Å²) in [4.78, 5) is 14.8. The van der Waals surface area contributed by atoms with Gasteiger partial charge >= 0.3 is 0 Å². The van der Waals surface area contributed by atoms with E-state index in [1.54, 1.807) is 6.07 Å². The molecule has 0 aliphatic heterocycles. The third-order valence-corrected chi connectivity index (χ3v) is 6.08. The number of carbonyl (C=O) groups excluding carboxylic acids is 1. The fourth-order valence-corrected chi connectivity index (χ4v) is 3.82. The van der Waals surface area contributed by atoms with Crippen molar-refractivity contribution in [2.45, 2.75) is 10.9 Å². The van der Waals surface area contributed by atoms with E-state index < -0.39 is 10.0 Å². The minimum absolute atomic E-state index is 0.0449. The summed E-state index contributed by atoms with van der Waals surface area (Å²) < 4.78 is 31.4. The number of benzene rings is 2. The summed E-state index contributed by atoms with van der Waals surface area (Å²) in [5.41, 5.74) is 1.22. The van der Waals surface area contributed by atoms with Crippen molar-refractivity contribution < 1.29 is 17.9 Å². The maximum absolute atomic E-state index is 12.9. The normalized spacial score (nSPS) is 12.8. The second-order valence-electron chi connectivity index (χ2n) is 6.85. The number of methoxy groups -OCH3 is 1. The first kappa shape index (κ1) is 21.9. The molecule has 0 heterocycles. The van der Waals surface area contributed by atoms with Crippen molar-refractivity contribution in [3.05, 3.63) is 59.7 Å². The van der Waals surface area contributed by atoms with Crippen molar-refractivity contribution in [3.63, 3.8) is 0 Å². The molecule has 0 spiro atoms. The Hall–Kier alpha value is -2.42. The Kier molecular flexibility index (Phi) is 7.17. The lowest BCUT2D eigenvalue weighted by Gasteiger charge is -2.23. The van der Waals surface area contributed by atoms with Crippen molar-refractivity contribution in [2.75, 3.05) is 41.8 Å². The molecule has 0 bridgehead atoms. The predicted molar refractivity (Wildman–Crippen MR) is 109 cm³/mol. The van der Waals surface area contributed by atoms with Crippen molar-refractivity contribution in [3.8, 4) is 5.75 Å². The third-order valence-electron chi connectivity index (χ3n) is 4.24. The average molecular weight is 406 g/mol. The predicted octanol–water partition coefficient (Wildman–Crippen LogP) is 1.98. The molecule has 1 N–H and O–H groups in total. The van der Waals surface area contributed by atoms with Gasteiger partial charge in [0.1, 0.15) is 10.6 Å². The number of hydrogen-bond acceptors (Lipinski definition) is 5. The van der Waals surface area contributed by atoms with Gasteiger partial charge in [0.25, 0.3) is 5.91 Å². The fourth-order valence-electron chi connectivity index (χ4n) is 2.74. The molecular formula is C20H27N3O4S. The summed E-state index contributed by atoms with van der Waals surface area (Å²) in [5.74, 6) is -0.160. The average Bonchev–Trinajstić information content (AvgIpc) is 2.67. The van der Waals surface area contributed by atoms with Crippen molar-refractivity contribution >= 4 is 15.9 Å². The number of rotatable bonds is 8. The number of nitrogens with one attached hydrogen (secondary N) is 1. The van der Waals surface area contributed by atoms with E-state index in [4.69, 9.17) is 4.74 Å². The van der Waals surface area contributed by atoms with E-state index in [0.717, 1.165) is 9.87 Å². The van der Waals surface area contributed by atoms with E-state index >= 15 is 0 Å². The molecule has 0 fully saturated rings. The first-order valence-electron chi connectivity index (χ1n) is 8.78. The third kappa shape index (κ3) is 5.09. The Balaban J connectivity index is 2.37. The van der Waals surface area contributed by atoms with Gasteiger partial charge in [0, 0.05) is 26.2 Å². The Morgan fingerprint density at radius 1 is 1.07 bits per heavy atom. The van der Waals surface area contributed by atoms with Crippen LogP contribution in [0.3, 0.4) is 0 Å². The summed E-state index contributed by atoms with van der Waals surface area (Å²) in [6.07, 6.45) is 0. The molecule has 7 nitrogen and oxygen atoms in total. The Labute approximate surface area is 167 Å². The molecule has 28 heavy (non-hydrogen) atoms. The van der Waals surface area contributed by atoms with Crippen LogP contribution in [0.25, 0.3) is 0 Å².